The van der Waals surface area contributed by atoms with E-state index in [4.69, 9.17) is 4.74 Å². The summed E-state index contributed by atoms with van der Waals surface area (Å²) in [6, 6.07) is 5.65. The van der Waals surface area contributed by atoms with E-state index in [1.165, 1.54) is 17.4 Å². The summed E-state index contributed by atoms with van der Waals surface area (Å²) < 4.78 is 6.95. The summed E-state index contributed by atoms with van der Waals surface area (Å²) >= 11 is 4.85. The van der Waals surface area contributed by atoms with Crippen molar-refractivity contribution in [1.29, 1.82) is 0 Å². The van der Waals surface area contributed by atoms with Gasteiger partial charge in [0.25, 0.3) is 0 Å². The smallest absolute Gasteiger partial charge is 0.241 e. The molecule has 5 nitrogen and oxygen atoms in total. The Balaban J connectivity index is 2.00. The van der Waals surface area contributed by atoms with Gasteiger partial charge in [0, 0.05) is 54.0 Å². The van der Waals surface area contributed by atoms with Gasteiger partial charge in [-0.05, 0) is 25.1 Å². The molecule has 0 fully saturated rings. The lowest BCUT2D eigenvalue weighted by atomic mass is 10.1. The number of aryl methyl sites for hydroxylation is 1. The van der Waals surface area contributed by atoms with E-state index in [1.807, 2.05) is 39.2 Å². The van der Waals surface area contributed by atoms with Crippen LogP contribution in [0.3, 0.4) is 0 Å². The van der Waals surface area contributed by atoms with Crippen LogP contribution in [-0.4, -0.2) is 34.7 Å². The van der Waals surface area contributed by atoms with Crippen LogP contribution in [0.25, 0.3) is 10.8 Å². The van der Waals surface area contributed by atoms with Gasteiger partial charge in [-0.3, -0.25) is 9.78 Å². The van der Waals surface area contributed by atoms with Crippen molar-refractivity contribution < 1.29 is 9.53 Å². The van der Waals surface area contributed by atoms with Crippen molar-refractivity contribution in [2.24, 2.45) is 0 Å². The third-order valence-electron chi connectivity index (χ3n) is 3.38. The van der Waals surface area contributed by atoms with Crippen molar-refractivity contribution in [1.82, 2.24) is 14.9 Å². The predicted molar refractivity (Wildman–Crippen MR) is 104 cm³/mol. The fourth-order valence-corrected chi connectivity index (χ4v) is 3.49. The minimum Gasteiger partial charge on any atom is -0.437 e. The van der Waals surface area contributed by atoms with E-state index in [9.17, 15) is 4.79 Å². The van der Waals surface area contributed by atoms with Crippen molar-refractivity contribution in [2.75, 3.05) is 14.1 Å². The molecule has 0 amide bonds. The molecule has 0 aliphatic carbocycles. The fourth-order valence-electron chi connectivity index (χ4n) is 2.25. The van der Waals surface area contributed by atoms with Crippen LogP contribution in [0.15, 0.2) is 47.3 Å². The monoisotopic (exact) mass is 417 g/mol. The molecule has 3 aromatic rings. The second-order valence-corrected chi connectivity index (χ2v) is 7.64. The number of pyridine rings is 1. The van der Waals surface area contributed by atoms with E-state index in [0.29, 0.717) is 16.5 Å². The second kappa shape index (κ2) is 7.33. The van der Waals surface area contributed by atoms with Gasteiger partial charge in [0.15, 0.2) is 0 Å². The largest absolute Gasteiger partial charge is 0.437 e. The maximum atomic E-state index is 12.4. The summed E-state index contributed by atoms with van der Waals surface area (Å²) in [6.07, 6.45) is 6.69. The Bertz CT molecular complexity index is 966. The highest BCUT2D eigenvalue weighted by Crippen LogP contribution is 2.36. The van der Waals surface area contributed by atoms with Crippen molar-refractivity contribution in [3.8, 4) is 11.6 Å². The molecule has 128 valence electrons. The van der Waals surface area contributed by atoms with Gasteiger partial charge in [0.05, 0.1) is 5.01 Å². The Hall–Kier alpha value is -2.25. The molecule has 2 aromatic heterocycles. The molecule has 0 atom stereocenters. The normalized spacial score (nSPS) is 11.2. The van der Waals surface area contributed by atoms with Crippen LogP contribution in [0, 0.1) is 6.92 Å². The summed E-state index contributed by atoms with van der Waals surface area (Å²) in [5.74, 6) is 0.805. The average Bonchev–Trinajstić information content (AvgIpc) is 2.96. The fraction of sp³-hybridized carbons (Fsp3) is 0.167. The lowest BCUT2D eigenvalue weighted by Gasteiger charge is -2.09. The summed E-state index contributed by atoms with van der Waals surface area (Å²) in [7, 11) is 3.72. The number of aromatic nitrogens is 2. The molecule has 0 bridgehead atoms. The Labute approximate surface area is 158 Å². The minimum absolute atomic E-state index is 0.131. The number of nitrogens with zero attached hydrogens (tertiary/aromatic N) is 3. The summed E-state index contributed by atoms with van der Waals surface area (Å²) in [6.45, 7) is 1.85. The van der Waals surface area contributed by atoms with Crippen molar-refractivity contribution >= 4 is 43.8 Å². The molecule has 1 aromatic carbocycles. The molecule has 2 heterocycles. The van der Waals surface area contributed by atoms with Crippen molar-refractivity contribution in [2.45, 2.75) is 6.92 Å². The number of ketones is 1. The highest BCUT2D eigenvalue weighted by Gasteiger charge is 2.18. The number of halogens is 1. The molecular weight excluding hydrogens is 402 g/mol. The zero-order chi connectivity index (χ0) is 18.0. The van der Waals surface area contributed by atoms with E-state index in [1.54, 1.807) is 23.5 Å². The molecule has 0 unspecified atom stereocenters. The molecule has 0 aliphatic rings. The lowest BCUT2D eigenvalue weighted by molar-refractivity contribution is 0.104. The first-order valence-corrected chi connectivity index (χ1v) is 9.13. The third kappa shape index (κ3) is 3.88. The van der Waals surface area contributed by atoms with Gasteiger partial charge in [0.1, 0.15) is 10.6 Å². The Morgan fingerprint density at radius 1 is 1.28 bits per heavy atom. The van der Waals surface area contributed by atoms with Gasteiger partial charge in [-0.1, -0.05) is 15.9 Å². The van der Waals surface area contributed by atoms with Gasteiger partial charge in [-0.2, -0.15) is 0 Å². The highest BCUT2D eigenvalue weighted by molar-refractivity contribution is 9.10. The first-order chi connectivity index (χ1) is 12.0. The van der Waals surface area contributed by atoms with E-state index in [-0.39, 0.29) is 5.78 Å². The van der Waals surface area contributed by atoms with Crippen molar-refractivity contribution in [3.63, 3.8) is 0 Å². The summed E-state index contributed by atoms with van der Waals surface area (Å²) in [5.41, 5.74) is 0. The Kier molecular flexibility index (Phi) is 5.15. The zero-order valence-electron chi connectivity index (χ0n) is 14.0. The maximum Gasteiger partial charge on any atom is 0.241 e. The van der Waals surface area contributed by atoms with E-state index < -0.39 is 0 Å². The number of carbonyl (C=O) groups is 1. The topological polar surface area (TPSA) is 55.3 Å². The van der Waals surface area contributed by atoms with Gasteiger partial charge in [0.2, 0.25) is 11.7 Å². The van der Waals surface area contributed by atoms with Crippen LogP contribution < -0.4 is 4.74 Å². The average molecular weight is 418 g/mol. The highest BCUT2D eigenvalue weighted by atomic mass is 79.9. The molecule has 0 saturated heterocycles. The summed E-state index contributed by atoms with van der Waals surface area (Å²) in [4.78, 5) is 23.3. The molecule has 0 N–H and O–H groups in total. The molecule has 25 heavy (non-hydrogen) atoms. The first-order valence-electron chi connectivity index (χ1n) is 7.52. The van der Waals surface area contributed by atoms with Crippen LogP contribution in [0.4, 0.5) is 0 Å². The number of hydrogen-bond acceptors (Lipinski definition) is 6. The number of carbonyl (C=O) groups excluding carboxylic acids is 1. The standard InChI is InChI=1S/C18H16BrN3O2S/c1-11-21-18(17(25-11)15(23)7-9-22(2)3)24-16-5-4-14(19)12-6-8-20-10-13(12)16/h4-10H,1-3H3/b9-7+. The van der Waals surface area contributed by atoms with Gasteiger partial charge >= 0.3 is 0 Å². The summed E-state index contributed by atoms with van der Waals surface area (Å²) in [5, 5.41) is 2.61. The van der Waals surface area contributed by atoms with E-state index in [2.05, 4.69) is 25.9 Å². The van der Waals surface area contributed by atoms with Crippen LogP contribution in [0.5, 0.6) is 11.6 Å². The molecule has 0 radical (unpaired) electrons. The van der Waals surface area contributed by atoms with Crippen LogP contribution in [-0.2, 0) is 0 Å². The van der Waals surface area contributed by atoms with Gasteiger partial charge in [-0.25, -0.2) is 4.98 Å². The van der Waals surface area contributed by atoms with Crippen LogP contribution in [0.1, 0.15) is 14.7 Å². The minimum atomic E-state index is -0.131. The maximum absolute atomic E-state index is 12.4. The second-order valence-electron chi connectivity index (χ2n) is 5.58. The van der Waals surface area contributed by atoms with E-state index in [0.717, 1.165) is 20.3 Å². The molecular formula is C18H16BrN3O2S. The van der Waals surface area contributed by atoms with Crippen molar-refractivity contribution in [3.05, 3.63) is 57.2 Å². The molecule has 0 aliphatic heterocycles. The molecule has 0 spiro atoms. The number of allylic oxidation sites excluding steroid dienone is 1. The number of benzene rings is 1. The van der Waals surface area contributed by atoms with Crippen LogP contribution in [0.2, 0.25) is 0 Å². The number of thiazole rings is 1. The number of fused-ring (bicyclic) bond motifs is 1. The Morgan fingerprint density at radius 3 is 2.84 bits per heavy atom. The molecule has 0 saturated carbocycles. The van der Waals surface area contributed by atoms with Gasteiger partial charge in [-0.15, -0.1) is 11.3 Å². The third-order valence-corrected chi connectivity index (χ3v) is 5.04. The number of rotatable bonds is 5. The van der Waals surface area contributed by atoms with Gasteiger partial charge < -0.3 is 9.64 Å². The molecule has 3 rings (SSSR count). The molecule has 7 heteroatoms. The number of ether oxygens (including phenoxy) is 1. The quantitative estimate of drug-likeness (QED) is 0.440. The SMILES string of the molecule is Cc1nc(Oc2ccc(Br)c3ccncc23)c(C(=O)/C=C/N(C)C)s1. The van der Waals surface area contributed by atoms with Crippen LogP contribution >= 0.6 is 27.3 Å². The van der Waals surface area contributed by atoms with E-state index >= 15 is 0 Å². The Morgan fingerprint density at radius 2 is 2.08 bits per heavy atom. The zero-order valence-corrected chi connectivity index (χ0v) is 16.4. The first kappa shape index (κ1) is 17.6. The predicted octanol–water partition coefficient (Wildman–Crippen LogP) is 4.81. The lowest BCUT2D eigenvalue weighted by Crippen LogP contribution is -2.03. The number of hydrogen-bond donors (Lipinski definition) is 0.